The Morgan fingerprint density at radius 2 is 2.00 bits per heavy atom. The van der Waals surface area contributed by atoms with Gasteiger partial charge in [-0.1, -0.05) is 12.1 Å². The first-order chi connectivity index (χ1) is 9.90. The summed E-state index contributed by atoms with van der Waals surface area (Å²) in [7, 11) is 0. The third kappa shape index (κ3) is 3.02. The molecule has 0 aliphatic carbocycles. The number of nitro benzene ring substituents is 1. The molecule has 0 fully saturated rings. The van der Waals surface area contributed by atoms with Crippen molar-refractivity contribution >= 4 is 28.8 Å². The molecule has 1 aromatic carbocycles. The van der Waals surface area contributed by atoms with Gasteiger partial charge in [0.1, 0.15) is 11.4 Å². The lowest BCUT2D eigenvalue weighted by Gasteiger charge is -2.18. The maximum absolute atomic E-state index is 11.9. The minimum absolute atomic E-state index is 0.0897. The van der Waals surface area contributed by atoms with Gasteiger partial charge in [0.15, 0.2) is 11.7 Å². The van der Waals surface area contributed by atoms with E-state index in [1.54, 1.807) is 6.07 Å². The highest BCUT2D eigenvalue weighted by molar-refractivity contribution is 6.23. The zero-order valence-electron chi connectivity index (χ0n) is 11.4. The van der Waals surface area contributed by atoms with Crippen LogP contribution in [0.15, 0.2) is 41.1 Å². The number of benzene rings is 1. The Labute approximate surface area is 120 Å². The SMILES string of the molecule is CC1=CC(=O)[C@H](C(C)=Nc2ccccc2[N+](=O)[O-])C(=O)O1. The minimum atomic E-state index is -1.16. The van der Waals surface area contributed by atoms with Crippen molar-refractivity contribution in [3.63, 3.8) is 0 Å². The molecule has 0 spiro atoms. The molecule has 1 atom stereocenters. The number of cyclic esters (lactones) is 1. The molecule has 7 heteroatoms. The van der Waals surface area contributed by atoms with Gasteiger partial charge in [-0.2, -0.15) is 0 Å². The van der Waals surface area contributed by atoms with Gasteiger partial charge in [-0.3, -0.25) is 19.7 Å². The maximum Gasteiger partial charge on any atom is 0.327 e. The van der Waals surface area contributed by atoms with Crippen LogP contribution in [0.4, 0.5) is 11.4 Å². The zero-order valence-corrected chi connectivity index (χ0v) is 11.4. The fourth-order valence-corrected chi connectivity index (χ4v) is 1.99. The highest BCUT2D eigenvalue weighted by atomic mass is 16.6. The second kappa shape index (κ2) is 5.66. The van der Waals surface area contributed by atoms with E-state index in [4.69, 9.17) is 4.74 Å². The summed E-state index contributed by atoms with van der Waals surface area (Å²) in [6.45, 7) is 2.97. The van der Waals surface area contributed by atoms with Gasteiger partial charge < -0.3 is 4.74 Å². The third-order valence-electron chi connectivity index (χ3n) is 2.92. The smallest absolute Gasteiger partial charge is 0.327 e. The summed E-state index contributed by atoms with van der Waals surface area (Å²) in [5.41, 5.74) is 0.0510. The number of para-hydroxylation sites is 2. The van der Waals surface area contributed by atoms with Crippen LogP contribution in [0.2, 0.25) is 0 Å². The first kappa shape index (κ1) is 14.6. The third-order valence-corrected chi connectivity index (χ3v) is 2.92. The normalized spacial score (nSPS) is 19.0. The van der Waals surface area contributed by atoms with Gasteiger partial charge in [-0.05, 0) is 19.9 Å². The molecule has 0 amide bonds. The van der Waals surface area contributed by atoms with E-state index >= 15 is 0 Å². The number of hydrogen-bond acceptors (Lipinski definition) is 6. The Kier molecular flexibility index (Phi) is 3.93. The van der Waals surface area contributed by atoms with Crippen LogP contribution in [0, 0.1) is 16.0 Å². The van der Waals surface area contributed by atoms with Crippen molar-refractivity contribution in [3.05, 3.63) is 46.2 Å². The lowest BCUT2D eigenvalue weighted by atomic mass is 9.96. The van der Waals surface area contributed by atoms with E-state index in [-0.39, 0.29) is 22.8 Å². The van der Waals surface area contributed by atoms with Gasteiger partial charge in [0.25, 0.3) is 5.69 Å². The number of carbonyl (C=O) groups is 2. The quantitative estimate of drug-likeness (QED) is 0.279. The van der Waals surface area contributed by atoms with Crippen molar-refractivity contribution in [1.82, 2.24) is 0 Å². The van der Waals surface area contributed by atoms with Crippen LogP contribution in [0.25, 0.3) is 0 Å². The predicted molar refractivity (Wildman–Crippen MR) is 74.2 cm³/mol. The van der Waals surface area contributed by atoms with Gasteiger partial charge in [0.05, 0.1) is 4.92 Å². The topological polar surface area (TPSA) is 98.9 Å². The Bertz CT molecular complexity index is 690. The molecule has 0 saturated carbocycles. The number of allylic oxidation sites excluding steroid dienone is 2. The molecule has 2 rings (SSSR count). The fraction of sp³-hybridized carbons (Fsp3) is 0.214. The highest BCUT2D eigenvalue weighted by Gasteiger charge is 2.34. The molecule has 1 heterocycles. The Morgan fingerprint density at radius 1 is 1.33 bits per heavy atom. The first-order valence-corrected chi connectivity index (χ1v) is 6.12. The summed E-state index contributed by atoms with van der Waals surface area (Å²) in [5, 5.41) is 10.9. The van der Waals surface area contributed by atoms with E-state index in [9.17, 15) is 19.7 Å². The van der Waals surface area contributed by atoms with Gasteiger partial charge in [-0.15, -0.1) is 0 Å². The number of hydrogen-bond donors (Lipinski definition) is 0. The molecule has 0 saturated heterocycles. The maximum atomic E-state index is 11.9. The Morgan fingerprint density at radius 3 is 2.62 bits per heavy atom. The van der Waals surface area contributed by atoms with Crippen molar-refractivity contribution in [2.24, 2.45) is 10.9 Å². The number of rotatable bonds is 3. The largest absolute Gasteiger partial charge is 0.430 e. The summed E-state index contributed by atoms with van der Waals surface area (Å²) >= 11 is 0. The van der Waals surface area contributed by atoms with Gasteiger partial charge in [-0.25, -0.2) is 4.99 Å². The average molecular weight is 288 g/mol. The predicted octanol–water partition coefficient (Wildman–Crippen LogP) is 2.33. The molecule has 0 N–H and O–H groups in total. The lowest BCUT2D eigenvalue weighted by Crippen LogP contribution is -2.34. The van der Waals surface area contributed by atoms with Gasteiger partial charge in [0, 0.05) is 17.9 Å². The lowest BCUT2D eigenvalue weighted by molar-refractivity contribution is -0.384. The molecule has 0 radical (unpaired) electrons. The van der Waals surface area contributed by atoms with Crippen LogP contribution < -0.4 is 0 Å². The standard InChI is InChI=1S/C14H12N2O5/c1-8-7-12(17)13(14(18)21-8)9(2)15-10-5-3-4-6-11(10)16(19)20/h3-7,13H,1-2H3/t13-/m0/s1. The molecule has 21 heavy (non-hydrogen) atoms. The molecule has 1 aromatic rings. The Hall–Kier alpha value is -2.83. The molecule has 1 aliphatic heterocycles. The van der Waals surface area contributed by atoms with Crippen LogP contribution in [-0.2, 0) is 14.3 Å². The number of nitro groups is 1. The van der Waals surface area contributed by atoms with Crippen LogP contribution in [0.1, 0.15) is 13.8 Å². The minimum Gasteiger partial charge on any atom is -0.430 e. The molecule has 1 aliphatic rings. The summed E-state index contributed by atoms with van der Waals surface area (Å²) in [4.78, 5) is 38.0. The number of aliphatic imine (C=N–C) groups is 1. The Balaban J connectivity index is 2.40. The zero-order chi connectivity index (χ0) is 15.6. The van der Waals surface area contributed by atoms with Crippen LogP contribution in [0.5, 0.6) is 0 Å². The van der Waals surface area contributed by atoms with Crippen LogP contribution >= 0.6 is 0 Å². The van der Waals surface area contributed by atoms with Gasteiger partial charge in [0.2, 0.25) is 0 Å². The molecule has 108 valence electrons. The van der Waals surface area contributed by atoms with E-state index in [0.29, 0.717) is 0 Å². The molecule has 0 unspecified atom stereocenters. The molecule has 0 bridgehead atoms. The van der Waals surface area contributed by atoms with Crippen LogP contribution in [-0.4, -0.2) is 22.4 Å². The number of ketones is 1. The molecular formula is C14H12N2O5. The van der Waals surface area contributed by atoms with E-state index in [1.165, 1.54) is 38.1 Å². The monoisotopic (exact) mass is 288 g/mol. The van der Waals surface area contributed by atoms with Crippen molar-refractivity contribution in [2.75, 3.05) is 0 Å². The second-order valence-corrected chi connectivity index (χ2v) is 4.51. The summed E-state index contributed by atoms with van der Waals surface area (Å²) in [5.74, 6) is -2.10. The molecular weight excluding hydrogens is 276 g/mol. The van der Waals surface area contributed by atoms with Crippen LogP contribution in [0.3, 0.4) is 0 Å². The van der Waals surface area contributed by atoms with Crippen molar-refractivity contribution in [2.45, 2.75) is 13.8 Å². The molecule has 0 aromatic heterocycles. The van der Waals surface area contributed by atoms with Crippen molar-refractivity contribution in [1.29, 1.82) is 0 Å². The summed E-state index contributed by atoms with van der Waals surface area (Å²) in [6, 6.07) is 5.85. The number of nitrogens with zero attached hydrogens (tertiary/aromatic N) is 2. The molecule has 7 nitrogen and oxygen atoms in total. The highest BCUT2D eigenvalue weighted by Crippen LogP contribution is 2.28. The van der Waals surface area contributed by atoms with Crippen molar-refractivity contribution < 1.29 is 19.2 Å². The number of esters is 1. The van der Waals surface area contributed by atoms with Gasteiger partial charge >= 0.3 is 5.97 Å². The number of ether oxygens (including phenoxy) is 1. The van der Waals surface area contributed by atoms with E-state index in [2.05, 4.69) is 4.99 Å². The van der Waals surface area contributed by atoms with Crippen molar-refractivity contribution in [3.8, 4) is 0 Å². The van der Waals surface area contributed by atoms with E-state index < -0.39 is 22.6 Å². The number of carbonyl (C=O) groups excluding carboxylic acids is 2. The first-order valence-electron chi connectivity index (χ1n) is 6.12. The van der Waals surface area contributed by atoms with E-state index in [0.717, 1.165) is 0 Å². The summed E-state index contributed by atoms with van der Waals surface area (Å²) < 4.78 is 4.89. The fourth-order valence-electron chi connectivity index (χ4n) is 1.99. The average Bonchev–Trinajstić information content (AvgIpc) is 2.37. The van der Waals surface area contributed by atoms with E-state index in [1.807, 2.05) is 0 Å². The summed E-state index contributed by atoms with van der Waals surface area (Å²) in [6.07, 6.45) is 1.21. The second-order valence-electron chi connectivity index (χ2n) is 4.51.